The van der Waals surface area contributed by atoms with Crippen molar-refractivity contribution in [3.05, 3.63) is 29.1 Å². The topological polar surface area (TPSA) is 67.8 Å². The fourth-order valence-electron chi connectivity index (χ4n) is 0.789. The fraction of sp³-hybridized carbons (Fsp3) is 0. The van der Waals surface area contributed by atoms with Crippen molar-refractivity contribution in [2.24, 2.45) is 0 Å². The first-order valence-corrected chi connectivity index (χ1v) is 3.02. The van der Waals surface area contributed by atoms with E-state index in [1.54, 1.807) is 6.07 Å². The first-order valence-electron chi connectivity index (χ1n) is 3.02. The minimum absolute atomic E-state index is 0.322. The Labute approximate surface area is 67.9 Å². The average Bonchev–Trinajstić information content (AvgIpc) is 2.08. The number of phenols is 1. The third kappa shape index (κ3) is 1.06. The van der Waals surface area contributed by atoms with Gasteiger partial charge in [0.2, 0.25) is 0 Å². The van der Waals surface area contributed by atoms with Gasteiger partial charge >= 0.3 is 0 Å². The van der Waals surface area contributed by atoms with Crippen molar-refractivity contribution in [2.45, 2.75) is 0 Å². The third-order valence-electron chi connectivity index (χ3n) is 1.36. The van der Waals surface area contributed by atoms with E-state index in [4.69, 9.17) is 15.6 Å². The van der Waals surface area contributed by atoms with E-state index in [9.17, 15) is 4.39 Å². The first kappa shape index (κ1) is 8.03. The molecule has 4 heteroatoms. The predicted octanol–water partition coefficient (Wildman–Crippen LogP) is 1.27. The maximum Gasteiger partial charge on any atom is 0.142 e. The van der Waals surface area contributed by atoms with E-state index in [-0.39, 0.29) is 11.3 Å². The van der Waals surface area contributed by atoms with Crippen molar-refractivity contribution in [3.8, 4) is 17.9 Å². The Bertz CT molecular complexity index is 362. The number of hydrogen-bond acceptors (Lipinski definition) is 3. The Morgan fingerprint density at radius 1 is 1.17 bits per heavy atom. The summed E-state index contributed by atoms with van der Waals surface area (Å²) < 4.78 is 12.7. The van der Waals surface area contributed by atoms with Crippen LogP contribution in [0, 0.1) is 28.5 Å². The van der Waals surface area contributed by atoms with Crippen LogP contribution in [0.1, 0.15) is 11.1 Å². The Morgan fingerprint density at radius 2 is 1.75 bits per heavy atom. The second-order valence-electron chi connectivity index (χ2n) is 2.04. The van der Waals surface area contributed by atoms with Gasteiger partial charge in [-0.05, 0) is 12.1 Å². The van der Waals surface area contributed by atoms with Gasteiger partial charge in [0.05, 0.1) is 0 Å². The lowest BCUT2D eigenvalue weighted by Crippen LogP contribution is -1.89. The summed E-state index contributed by atoms with van der Waals surface area (Å²) in [4.78, 5) is 0. The molecule has 0 atom stereocenters. The van der Waals surface area contributed by atoms with Crippen LogP contribution in [-0.2, 0) is 0 Å². The monoisotopic (exact) mass is 162 g/mol. The van der Waals surface area contributed by atoms with Crippen LogP contribution in [0.15, 0.2) is 12.1 Å². The lowest BCUT2D eigenvalue weighted by Gasteiger charge is -1.97. The molecule has 1 N–H and O–H groups in total. The molecule has 0 spiro atoms. The van der Waals surface area contributed by atoms with Gasteiger partial charge in [0.1, 0.15) is 34.8 Å². The minimum Gasteiger partial charge on any atom is -0.507 e. The summed E-state index contributed by atoms with van der Waals surface area (Å²) in [7, 11) is 0. The van der Waals surface area contributed by atoms with Crippen molar-refractivity contribution in [3.63, 3.8) is 0 Å². The SMILES string of the molecule is N#Cc1c(O)ccc(F)c1C#N. The third-order valence-corrected chi connectivity index (χ3v) is 1.36. The summed E-state index contributed by atoms with van der Waals surface area (Å²) in [5.41, 5.74) is -0.741. The summed E-state index contributed by atoms with van der Waals surface area (Å²) in [6.45, 7) is 0. The van der Waals surface area contributed by atoms with Crippen LogP contribution in [0.4, 0.5) is 4.39 Å². The second-order valence-corrected chi connectivity index (χ2v) is 2.04. The molecule has 1 rings (SSSR count). The predicted molar refractivity (Wildman–Crippen MR) is 37.5 cm³/mol. The number of hydrogen-bond donors (Lipinski definition) is 1. The number of nitriles is 2. The molecule has 0 aromatic heterocycles. The van der Waals surface area contributed by atoms with Gasteiger partial charge in [0.15, 0.2) is 0 Å². The largest absolute Gasteiger partial charge is 0.507 e. The number of nitrogens with zero attached hydrogens (tertiary/aromatic N) is 2. The molecule has 0 saturated heterocycles. The van der Waals surface area contributed by atoms with Gasteiger partial charge in [0, 0.05) is 0 Å². The Balaban J connectivity index is 3.55. The molecule has 0 amide bonds. The maximum absolute atomic E-state index is 12.7. The second kappa shape index (κ2) is 2.89. The highest BCUT2D eigenvalue weighted by molar-refractivity contribution is 5.53. The molecule has 0 aliphatic carbocycles. The standard InChI is InChI=1S/C8H3FN2O/c9-7-1-2-8(12)6(4-11)5(7)3-10/h1-2,12H. The molecule has 3 nitrogen and oxygen atoms in total. The van der Waals surface area contributed by atoms with Crippen LogP contribution in [0.25, 0.3) is 0 Å². The van der Waals surface area contributed by atoms with E-state index in [0.29, 0.717) is 0 Å². The number of phenolic OH excluding ortho intramolecular Hbond substituents is 1. The zero-order valence-electron chi connectivity index (χ0n) is 5.87. The normalized spacial score (nSPS) is 8.58. The van der Waals surface area contributed by atoms with Crippen molar-refractivity contribution in [1.29, 1.82) is 10.5 Å². The van der Waals surface area contributed by atoms with Gasteiger partial charge in [-0.2, -0.15) is 10.5 Å². The van der Waals surface area contributed by atoms with E-state index in [1.165, 1.54) is 6.07 Å². The molecule has 1 aromatic rings. The van der Waals surface area contributed by atoms with Gasteiger partial charge in [-0.1, -0.05) is 0 Å². The summed E-state index contributed by atoms with van der Waals surface area (Å²) in [6.07, 6.45) is 0. The van der Waals surface area contributed by atoms with Gasteiger partial charge < -0.3 is 5.11 Å². The molecular formula is C8H3FN2O. The lowest BCUT2D eigenvalue weighted by molar-refractivity contribution is 0.471. The lowest BCUT2D eigenvalue weighted by atomic mass is 10.1. The van der Waals surface area contributed by atoms with Gasteiger partial charge in [-0.15, -0.1) is 0 Å². The maximum atomic E-state index is 12.7. The van der Waals surface area contributed by atoms with Crippen LogP contribution >= 0.6 is 0 Å². The van der Waals surface area contributed by atoms with Crippen LogP contribution < -0.4 is 0 Å². The van der Waals surface area contributed by atoms with Crippen molar-refractivity contribution < 1.29 is 9.50 Å². The number of benzene rings is 1. The molecular weight excluding hydrogens is 159 g/mol. The molecule has 0 saturated carbocycles. The summed E-state index contributed by atoms with van der Waals surface area (Å²) in [5, 5.41) is 25.8. The van der Waals surface area contributed by atoms with Crippen LogP contribution in [0.5, 0.6) is 5.75 Å². The average molecular weight is 162 g/mol. The van der Waals surface area contributed by atoms with E-state index in [2.05, 4.69) is 0 Å². The van der Waals surface area contributed by atoms with E-state index in [1.807, 2.05) is 0 Å². The van der Waals surface area contributed by atoms with Crippen LogP contribution in [-0.4, -0.2) is 5.11 Å². The Hall–Kier alpha value is -2.07. The minimum atomic E-state index is -0.799. The number of halogens is 1. The van der Waals surface area contributed by atoms with Gasteiger partial charge in [0.25, 0.3) is 0 Å². The molecule has 12 heavy (non-hydrogen) atoms. The molecule has 1 aromatic carbocycles. The highest BCUT2D eigenvalue weighted by Crippen LogP contribution is 2.21. The van der Waals surface area contributed by atoms with E-state index in [0.717, 1.165) is 12.1 Å². The van der Waals surface area contributed by atoms with Crippen LogP contribution in [0.3, 0.4) is 0 Å². The zero-order chi connectivity index (χ0) is 9.14. The molecule has 0 unspecified atom stereocenters. The highest BCUT2D eigenvalue weighted by atomic mass is 19.1. The summed E-state index contributed by atoms with van der Waals surface area (Å²) in [5.74, 6) is -1.18. The quantitative estimate of drug-likeness (QED) is 0.624. The number of aromatic hydroxyl groups is 1. The van der Waals surface area contributed by atoms with E-state index < -0.39 is 11.4 Å². The van der Waals surface area contributed by atoms with Crippen molar-refractivity contribution >= 4 is 0 Å². The molecule has 58 valence electrons. The smallest absolute Gasteiger partial charge is 0.142 e. The molecule has 0 aliphatic heterocycles. The molecule has 0 bridgehead atoms. The fourth-order valence-corrected chi connectivity index (χ4v) is 0.789. The van der Waals surface area contributed by atoms with Gasteiger partial charge in [-0.25, -0.2) is 4.39 Å². The molecule has 0 fully saturated rings. The Morgan fingerprint density at radius 3 is 2.17 bits per heavy atom. The molecule has 0 heterocycles. The molecule has 0 aliphatic rings. The van der Waals surface area contributed by atoms with E-state index >= 15 is 0 Å². The van der Waals surface area contributed by atoms with Crippen molar-refractivity contribution in [2.75, 3.05) is 0 Å². The Kier molecular flexibility index (Phi) is 1.94. The molecule has 0 radical (unpaired) electrons. The van der Waals surface area contributed by atoms with Crippen LogP contribution in [0.2, 0.25) is 0 Å². The summed E-state index contributed by atoms with van der Waals surface area (Å²) >= 11 is 0. The highest BCUT2D eigenvalue weighted by Gasteiger charge is 2.11. The first-order chi connectivity index (χ1) is 5.70. The summed E-state index contributed by atoms with van der Waals surface area (Å²) in [6, 6.07) is 5.02. The number of rotatable bonds is 0. The van der Waals surface area contributed by atoms with Gasteiger partial charge in [-0.3, -0.25) is 0 Å². The zero-order valence-corrected chi connectivity index (χ0v) is 5.87. The van der Waals surface area contributed by atoms with Crippen molar-refractivity contribution in [1.82, 2.24) is 0 Å².